The van der Waals surface area contributed by atoms with E-state index in [1.165, 1.54) is 6.26 Å². The Morgan fingerprint density at radius 2 is 1.43 bits per heavy atom. The third-order valence-electron chi connectivity index (χ3n) is 4.47. The first kappa shape index (κ1) is 17.5. The molecule has 3 N–H and O–H groups in total. The van der Waals surface area contributed by atoms with Crippen molar-refractivity contribution in [2.75, 3.05) is 5.73 Å². The van der Waals surface area contributed by atoms with E-state index in [-0.39, 0.29) is 17.6 Å². The van der Waals surface area contributed by atoms with Crippen molar-refractivity contribution in [2.24, 2.45) is 0 Å². The molecular weight excluding hydrogens is 350 g/mol. The highest BCUT2D eigenvalue weighted by Gasteiger charge is 2.20. The second-order valence-corrected chi connectivity index (χ2v) is 6.35. The molecule has 1 aromatic heterocycles. The number of nitrogen functional groups attached to an aromatic ring is 1. The van der Waals surface area contributed by atoms with Crippen LogP contribution >= 0.6 is 0 Å². The van der Waals surface area contributed by atoms with Gasteiger partial charge in [-0.3, -0.25) is 4.79 Å². The van der Waals surface area contributed by atoms with Crippen LogP contribution in [0.15, 0.2) is 95.6 Å². The topological polar surface area (TPSA) is 81.1 Å². The molecule has 5 heteroatoms. The maximum atomic E-state index is 12.9. The summed E-state index contributed by atoms with van der Waals surface area (Å²) in [6, 6.07) is 26.6. The minimum absolute atomic E-state index is 0.204. The van der Waals surface area contributed by atoms with Crippen molar-refractivity contribution >= 4 is 11.6 Å². The van der Waals surface area contributed by atoms with Crippen LogP contribution in [0, 0.1) is 0 Å². The van der Waals surface area contributed by atoms with Crippen LogP contribution in [0.25, 0.3) is 11.5 Å². The van der Waals surface area contributed by atoms with E-state index in [2.05, 4.69) is 10.3 Å². The lowest BCUT2D eigenvalue weighted by Gasteiger charge is -2.19. The van der Waals surface area contributed by atoms with Crippen molar-refractivity contribution in [1.29, 1.82) is 0 Å². The fourth-order valence-electron chi connectivity index (χ4n) is 3.05. The first-order valence-electron chi connectivity index (χ1n) is 8.93. The Labute approximate surface area is 162 Å². The lowest BCUT2D eigenvalue weighted by Crippen LogP contribution is -2.29. The van der Waals surface area contributed by atoms with Gasteiger partial charge in [0.2, 0.25) is 5.89 Å². The Bertz CT molecular complexity index is 1040. The molecule has 0 saturated carbocycles. The van der Waals surface area contributed by atoms with Gasteiger partial charge in [-0.15, -0.1) is 0 Å². The van der Waals surface area contributed by atoms with E-state index in [1.54, 1.807) is 12.1 Å². The summed E-state index contributed by atoms with van der Waals surface area (Å²) in [6.07, 6.45) is 1.35. The molecule has 28 heavy (non-hydrogen) atoms. The molecule has 0 radical (unpaired) electrons. The quantitative estimate of drug-likeness (QED) is 0.510. The summed E-state index contributed by atoms with van der Waals surface area (Å²) in [5.74, 6) is 0.00132. The molecule has 0 saturated heterocycles. The van der Waals surface area contributed by atoms with E-state index in [0.717, 1.165) is 11.1 Å². The number of oxazole rings is 1. The van der Waals surface area contributed by atoms with Crippen LogP contribution in [0.4, 0.5) is 5.69 Å². The highest BCUT2D eigenvalue weighted by molar-refractivity contribution is 5.93. The van der Waals surface area contributed by atoms with Gasteiger partial charge < -0.3 is 15.5 Å². The molecule has 138 valence electrons. The highest BCUT2D eigenvalue weighted by atomic mass is 16.3. The Morgan fingerprint density at radius 1 is 0.857 bits per heavy atom. The van der Waals surface area contributed by atoms with E-state index >= 15 is 0 Å². The first-order valence-corrected chi connectivity index (χ1v) is 8.93. The van der Waals surface area contributed by atoms with Crippen LogP contribution in [0.1, 0.15) is 27.7 Å². The van der Waals surface area contributed by atoms with Gasteiger partial charge in [0.05, 0.1) is 11.6 Å². The molecule has 5 nitrogen and oxygen atoms in total. The lowest BCUT2D eigenvalue weighted by atomic mass is 9.98. The molecule has 1 amide bonds. The summed E-state index contributed by atoms with van der Waals surface area (Å²) in [5, 5.41) is 3.05. The third-order valence-corrected chi connectivity index (χ3v) is 4.47. The number of hydrogen-bond donors (Lipinski definition) is 2. The van der Waals surface area contributed by atoms with Crippen molar-refractivity contribution in [2.45, 2.75) is 6.04 Å². The average molecular weight is 369 g/mol. The van der Waals surface area contributed by atoms with E-state index in [0.29, 0.717) is 17.1 Å². The SMILES string of the molecule is Nc1ccccc1-c1nc(C(=O)NC(c2ccccc2)c2ccccc2)co1. The van der Waals surface area contributed by atoms with Crippen molar-refractivity contribution in [1.82, 2.24) is 10.3 Å². The largest absolute Gasteiger partial charge is 0.444 e. The summed E-state index contributed by atoms with van der Waals surface area (Å²) in [6.45, 7) is 0. The van der Waals surface area contributed by atoms with Crippen molar-refractivity contribution < 1.29 is 9.21 Å². The van der Waals surface area contributed by atoms with Gasteiger partial charge in [-0.05, 0) is 23.3 Å². The van der Waals surface area contributed by atoms with E-state index in [1.807, 2.05) is 72.8 Å². The number of carbonyl (C=O) groups excluding carboxylic acids is 1. The van der Waals surface area contributed by atoms with Gasteiger partial charge in [0, 0.05) is 5.69 Å². The Kier molecular flexibility index (Phi) is 4.89. The zero-order chi connectivity index (χ0) is 19.3. The Balaban J connectivity index is 1.61. The zero-order valence-electron chi connectivity index (χ0n) is 15.1. The van der Waals surface area contributed by atoms with Gasteiger partial charge in [-0.25, -0.2) is 4.98 Å². The molecule has 4 aromatic rings. The molecule has 0 spiro atoms. The van der Waals surface area contributed by atoms with Crippen molar-refractivity contribution in [3.05, 3.63) is 108 Å². The zero-order valence-corrected chi connectivity index (χ0v) is 15.1. The smallest absolute Gasteiger partial charge is 0.274 e. The monoisotopic (exact) mass is 369 g/mol. The number of rotatable bonds is 5. The predicted molar refractivity (Wildman–Crippen MR) is 109 cm³/mol. The fourth-order valence-corrected chi connectivity index (χ4v) is 3.05. The maximum Gasteiger partial charge on any atom is 0.274 e. The molecular formula is C23H19N3O2. The number of carbonyl (C=O) groups is 1. The van der Waals surface area contributed by atoms with Crippen molar-refractivity contribution in [3.63, 3.8) is 0 Å². The number of anilines is 1. The second kappa shape index (κ2) is 7.80. The molecule has 3 aromatic carbocycles. The lowest BCUT2D eigenvalue weighted by molar-refractivity contribution is 0.0938. The van der Waals surface area contributed by atoms with Gasteiger partial charge in [0.15, 0.2) is 5.69 Å². The summed E-state index contributed by atoms with van der Waals surface area (Å²) in [4.78, 5) is 17.2. The molecule has 0 unspecified atom stereocenters. The molecule has 4 rings (SSSR count). The number of nitrogens with zero attached hydrogens (tertiary/aromatic N) is 1. The molecule has 0 aliphatic rings. The van der Waals surface area contributed by atoms with Crippen LogP contribution in [0.5, 0.6) is 0 Å². The summed E-state index contributed by atoms with van der Waals surface area (Å²) >= 11 is 0. The minimum atomic E-state index is -0.317. The minimum Gasteiger partial charge on any atom is -0.444 e. The highest BCUT2D eigenvalue weighted by Crippen LogP contribution is 2.26. The summed E-state index contributed by atoms with van der Waals surface area (Å²) < 4.78 is 5.49. The Hall–Kier alpha value is -3.86. The number of nitrogens with one attached hydrogen (secondary N) is 1. The molecule has 0 atom stereocenters. The number of para-hydroxylation sites is 1. The number of benzene rings is 3. The standard InChI is InChI=1S/C23H19N3O2/c24-19-14-8-7-13-18(19)23-25-20(15-28-23)22(27)26-21(16-9-3-1-4-10-16)17-11-5-2-6-12-17/h1-15,21H,24H2,(H,26,27). The van der Waals surface area contributed by atoms with Gasteiger partial charge >= 0.3 is 0 Å². The molecule has 0 aliphatic carbocycles. The molecule has 0 bridgehead atoms. The van der Waals surface area contributed by atoms with Crippen LogP contribution in [-0.2, 0) is 0 Å². The van der Waals surface area contributed by atoms with E-state index < -0.39 is 0 Å². The van der Waals surface area contributed by atoms with E-state index in [4.69, 9.17) is 10.2 Å². The van der Waals surface area contributed by atoms with Gasteiger partial charge in [-0.1, -0.05) is 72.8 Å². The van der Waals surface area contributed by atoms with Crippen LogP contribution < -0.4 is 11.1 Å². The normalized spacial score (nSPS) is 10.8. The summed E-state index contributed by atoms with van der Waals surface area (Å²) in [7, 11) is 0. The molecule has 0 aliphatic heterocycles. The molecule has 1 heterocycles. The van der Waals surface area contributed by atoms with Crippen LogP contribution in [-0.4, -0.2) is 10.9 Å². The van der Waals surface area contributed by atoms with Crippen LogP contribution in [0.3, 0.4) is 0 Å². The first-order chi connectivity index (χ1) is 13.7. The number of nitrogens with two attached hydrogens (primary N) is 1. The molecule has 0 fully saturated rings. The third kappa shape index (κ3) is 3.64. The van der Waals surface area contributed by atoms with Crippen molar-refractivity contribution in [3.8, 4) is 11.5 Å². The van der Waals surface area contributed by atoms with Gasteiger partial charge in [0.25, 0.3) is 5.91 Å². The maximum absolute atomic E-state index is 12.9. The fraction of sp³-hybridized carbons (Fsp3) is 0.0435. The van der Waals surface area contributed by atoms with Crippen LogP contribution in [0.2, 0.25) is 0 Å². The number of aromatic nitrogens is 1. The van der Waals surface area contributed by atoms with Gasteiger partial charge in [0.1, 0.15) is 6.26 Å². The van der Waals surface area contributed by atoms with E-state index in [9.17, 15) is 4.79 Å². The Morgan fingerprint density at radius 3 is 2.04 bits per heavy atom. The van der Waals surface area contributed by atoms with Gasteiger partial charge in [-0.2, -0.15) is 0 Å². The summed E-state index contributed by atoms with van der Waals surface area (Å²) in [5.41, 5.74) is 9.34. The number of hydrogen-bond acceptors (Lipinski definition) is 4. The predicted octanol–water partition coefficient (Wildman–Crippen LogP) is 4.44. The number of amides is 1. The average Bonchev–Trinajstić information content (AvgIpc) is 3.23. The second-order valence-electron chi connectivity index (χ2n) is 6.35.